The van der Waals surface area contributed by atoms with Gasteiger partial charge in [0.15, 0.2) is 0 Å². The Hall–Kier alpha value is -2.64. The quantitative estimate of drug-likeness (QED) is 0.0929. The molecule has 1 nitrogen and oxygen atoms in total. The number of hydrogen-bond acceptors (Lipinski definition) is 1. The molecule has 1 heteroatoms. The molecule has 0 spiro atoms. The topological polar surface area (TPSA) is 12.5 Å². The molecule has 1 unspecified atom stereocenters. The van der Waals surface area contributed by atoms with E-state index >= 15 is 0 Å². The van der Waals surface area contributed by atoms with Crippen molar-refractivity contribution in [2.24, 2.45) is 0 Å². The largest absolute Gasteiger partial charge is 0.367 e. The van der Waals surface area contributed by atoms with Gasteiger partial charge < -0.3 is 4.74 Å². The molecule has 0 aromatic rings. The predicted octanol–water partition coefficient (Wildman–Crippen LogP) is 12.6. The molecule has 41 heavy (non-hydrogen) atoms. The Bertz CT molecular complexity index is 1100. The van der Waals surface area contributed by atoms with Crippen LogP contribution in [0.25, 0.3) is 0 Å². The molecule has 0 bridgehead atoms. The molecule has 1 heterocycles. The van der Waals surface area contributed by atoms with Crippen molar-refractivity contribution < 1.29 is 4.74 Å². The second kappa shape index (κ2) is 20.3. The third kappa shape index (κ3) is 20.0. The van der Waals surface area contributed by atoms with Gasteiger partial charge in [0.25, 0.3) is 0 Å². The second-order valence-corrected chi connectivity index (χ2v) is 12.7. The van der Waals surface area contributed by atoms with Crippen LogP contribution < -0.4 is 0 Å². The molecular weight excluding hydrogens is 496 g/mol. The Morgan fingerprint density at radius 1 is 0.537 bits per heavy atom. The van der Waals surface area contributed by atoms with Gasteiger partial charge in [0.05, 0.1) is 11.7 Å². The summed E-state index contributed by atoms with van der Waals surface area (Å²) in [5.41, 5.74) is 9.82. The van der Waals surface area contributed by atoms with Crippen LogP contribution in [0.5, 0.6) is 0 Å². The summed E-state index contributed by atoms with van der Waals surface area (Å²) in [4.78, 5) is 0. The van der Waals surface area contributed by atoms with E-state index in [9.17, 15) is 0 Å². The van der Waals surface area contributed by atoms with Gasteiger partial charge in [-0.2, -0.15) is 0 Å². The van der Waals surface area contributed by atoms with E-state index in [1.807, 2.05) is 0 Å². The Kier molecular flexibility index (Phi) is 18.0. The Morgan fingerprint density at radius 3 is 1.39 bits per heavy atom. The van der Waals surface area contributed by atoms with Crippen molar-refractivity contribution in [3.63, 3.8) is 0 Å². The first-order chi connectivity index (χ1) is 19.4. The van der Waals surface area contributed by atoms with Crippen LogP contribution in [0.1, 0.15) is 121 Å². The number of rotatable bonds is 18. The van der Waals surface area contributed by atoms with Crippen LogP contribution in [0.4, 0.5) is 0 Å². The molecule has 1 atom stereocenters. The van der Waals surface area contributed by atoms with Gasteiger partial charge in [0.2, 0.25) is 0 Å². The molecule has 1 fully saturated rings. The molecule has 1 rings (SSSR count). The Labute approximate surface area is 254 Å². The molecule has 1 aliphatic rings. The van der Waals surface area contributed by atoms with Crippen molar-refractivity contribution in [1.29, 1.82) is 0 Å². The van der Waals surface area contributed by atoms with Crippen LogP contribution in [-0.2, 0) is 4.74 Å². The lowest BCUT2D eigenvalue weighted by Crippen LogP contribution is -2.02. The molecule has 0 amide bonds. The number of ether oxygens (including phenoxy) is 1. The third-order valence-electron chi connectivity index (χ3n) is 7.43. The van der Waals surface area contributed by atoms with E-state index in [2.05, 4.69) is 148 Å². The van der Waals surface area contributed by atoms with Gasteiger partial charge >= 0.3 is 0 Å². The number of hydrogen-bond donors (Lipinski definition) is 0. The summed E-state index contributed by atoms with van der Waals surface area (Å²) in [5, 5.41) is 0. The molecule has 0 saturated carbocycles. The van der Waals surface area contributed by atoms with Crippen LogP contribution in [0, 0.1) is 0 Å². The molecule has 0 aromatic carbocycles. The first-order valence-electron chi connectivity index (χ1n) is 15.7. The highest BCUT2D eigenvalue weighted by Gasteiger charge is 2.46. The van der Waals surface area contributed by atoms with Crippen LogP contribution in [0.3, 0.4) is 0 Å². The van der Waals surface area contributed by atoms with Gasteiger partial charge in [-0.05, 0) is 121 Å². The Balaban J connectivity index is 2.35. The monoisotopic (exact) mass is 556 g/mol. The maximum Gasteiger partial charge on any atom is 0.0892 e. The minimum atomic E-state index is 0.112. The molecule has 0 radical (unpaired) electrons. The maximum absolute atomic E-state index is 5.69. The van der Waals surface area contributed by atoms with Gasteiger partial charge in [-0.15, -0.1) is 0 Å². The summed E-state index contributed by atoms with van der Waals surface area (Å²) in [6.07, 6.45) is 38.3. The summed E-state index contributed by atoms with van der Waals surface area (Å²) in [6, 6.07) is 0. The summed E-state index contributed by atoms with van der Waals surface area (Å²) >= 11 is 0. The van der Waals surface area contributed by atoms with E-state index in [0.717, 1.165) is 44.9 Å². The van der Waals surface area contributed by atoms with Gasteiger partial charge in [0, 0.05) is 0 Å². The highest BCUT2D eigenvalue weighted by atomic mass is 16.6. The highest BCUT2D eigenvalue weighted by molar-refractivity contribution is 5.30. The Morgan fingerprint density at radius 2 is 0.951 bits per heavy atom. The van der Waals surface area contributed by atoms with E-state index in [1.165, 1.54) is 45.4 Å². The SMILES string of the molecule is CC(C)=CCC/C(C)=C\CC/C(C)=C/C=C\C(C)=C\C=C\C=C(C)\C=C\C=C(\C)CC/C=C(/C)CCC1OC1(C)C. The summed E-state index contributed by atoms with van der Waals surface area (Å²) in [5.74, 6) is 0. The minimum Gasteiger partial charge on any atom is -0.367 e. The molecule has 0 aliphatic carbocycles. The van der Waals surface area contributed by atoms with Crippen molar-refractivity contribution in [2.75, 3.05) is 0 Å². The summed E-state index contributed by atoms with van der Waals surface area (Å²) < 4.78 is 5.69. The number of allylic oxidation sites excluding steroid dienone is 20. The average molecular weight is 557 g/mol. The van der Waals surface area contributed by atoms with Crippen molar-refractivity contribution in [3.8, 4) is 0 Å². The lowest BCUT2D eigenvalue weighted by Gasteiger charge is -2.01. The molecule has 0 aromatic heterocycles. The van der Waals surface area contributed by atoms with Crippen molar-refractivity contribution >= 4 is 0 Å². The van der Waals surface area contributed by atoms with Gasteiger partial charge in [-0.25, -0.2) is 0 Å². The molecular formula is C40H60O. The highest BCUT2D eigenvalue weighted by Crippen LogP contribution is 2.38. The van der Waals surface area contributed by atoms with Crippen molar-refractivity contribution in [1.82, 2.24) is 0 Å². The third-order valence-corrected chi connectivity index (χ3v) is 7.43. The lowest BCUT2D eigenvalue weighted by molar-refractivity contribution is 0.320. The summed E-state index contributed by atoms with van der Waals surface area (Å²) in [6.45, 7) is 21.9. The minimum absolute atomic E-state index is 0.112. The standard InChI is InChI=1S/C40H60O/c1-32(2)18-13-21-35(5)24-16-27-36(6)25-14-22-33(3)19-11-12-20-34(4)23-15-26-37(7)28-17-29-38(8)30-31-39-40(9,10)41-39/h11-12,14-15,18-20,22-26,29,39H,13,16-17,21,27-28,30-31H2,1-10H3/b12-11+,22-14-,23-15+,33-19+,34-20+,35-24-,36-25+,37-26-,38-29-. The fourth-order valence-corrected chi connectivity index (χ4v) is 4.40. The van der Waals surface area contributed by atoms with Crippen molar-refractivity contribution in [3.05, 3.63) is 118 Å². The normalized spacial score (nSPS) is 19.2. The zero-order valence-corrected chi connectivity index (χ0v) is 28.1. The van der Waals surface area contributed by atoms with Crippen LogP contribution in [0.15, 0.2) is 118 Å². The van der Waals surface area contributed by atoms with E-state index in [0.29, 0.717) is 6.10 Å². The molecule has 1 saturated heterocycles. The molecule has 1 aliphatic heterocycles. The molecule has 0 N–H and O–H groups in total. The average Bonchev–Trinajstić information content (AvgIpc) is 3.51. The van der Waals surface area contributed by atoms with Gasteiger partial charge in [-0.1, -0.05) is 118 Å². The summed E-state index contributed by atoms with van der Waals surface area (Å²) in [7, 11) is 0. The first-order valence-corrected chi connectivity index (χ1v) is 15.7. The smallest absolute Gasteiger partial charge is 0.0892 e. The second-order valence-electron chi connectivity index (χ2n) is 12.7. The zero-order valence-electron chi connectivity index (χ0n) is 28.1. The van der Waals surface area contributed by atoms with Crippen molar-refractivity contribution in [2.45, 2.75) is 132 Å². The number of epoxide rings is 1. The van der Waals surface area contributed by atoms with Crippen LogP contribution in [0.2, 0.25) is 0 Å². The predicted molar refractivity (Wildman–Crippen MR) is 185 cm³/mol. The van der Waals surface area contributed by atoms with Gasteiger partial charge in [0.1, 0.15) is 0 Å². The maximum atomic E-state index is 5.69. The fourth-order valence-electron chi connectivity index (χ4n) is 4.40. The van der Waals surface area contributed by atoms with E-state index in [-0.39, 0.29) is 5.60 Å². The van der Waals surface area contributed by atoms with Crippen LogP contribution in [-0.4, -0.2) is 11.7 Å². The fraction of sp³-hybridized carbons (Fsp3) is 0.500. The molecule has 226 valence electrons. The van der Waals surface area contributed by atoms with Crippen LogP contribution >= 0.6 is 0 Å². The lowest BCUT2D eigenvalue weighted by atomic mass is 10.0. The van der Waals surface area contributed by atoms with Gasteiger partial charge in [-0.3, -0.25) is 0 Å². The van der Waals surface area contributed by atoms with E-state index in [4.69, 9.17) is 4.74 Å². The zero-order chi connectivity index (χ0) is 30.7. The first kappa shape index (κ1) is 36.4. The van der Waals surface area contributed by atoms with E-state index < -0.39 is 0 Å². The van der Waals surface area contributed by atoms with E-state index in [1.54, 1.807) is 0 Å².